The molecule has 112 valence electrons. The van der Waals surface area contributed by atoms with Gasteiger partial charge in [-0.1, -0.05) is 31.0 Å². The molecule has 0 bridgehead atoms. The van der Waals surface area contributed by atoms with Crippen molar-refractivity contribution in [2.75, 3.05) is 0 Å². The van der Waals surface area contributed by atoms with Crippen LogP contribution in [-0.4, -0.2) is 15.8 Å². The average Bonchev–Trinajstić information content (AvgIpc) is 3.16. The van der Waals surface area contributed by atoms with E-state index in [1.54, 1.807) is 0 Å². The molecule has 0 saturated heterocycles. The minimum Gasteiger partial charge on any atom is -0.327 e. The topological polar surface area (TPSA) is 43.8 Å². The van der Waals surface area contributed by atoms with Crippen molar-refractivity contribution in [1.82, 2.24) is 9.78 Å². The lowest BCUT2D eigenvalue weighted by atomic mass is 10.0. The zero-order valence-electron chi connectivity index (χ0n) is 12.8. The average molecular weight is 283 g/mol. The first kappa shape index (κ1) is 13.3. The number of nitrogens with zero attached hydrogens (tertiary/aromatic N) is 2. The lowest BCUT2D eigenvalue weighted by Crippen LogP contribution is -2.27. The van der Waals surface area contributed by atoms with Crippen molar-refractivity contribution >= 4 is 10.9 Å². The molecule has 4 rings (SSSR count). The fourth-order valence-corrected chi connectivity index (χ4v) is 4.63. The fourth-order valence-electron chi connectivity index (χ4n) is 4.63. The molecule has 0 spiro atoms. The monoisotopic (exact) mass is 283 g/mol. The number of aromatic nitrogens is 2. The number of aryl methyl sites for hydroxylation is 1. The summed E-state index contributed by atoms with van der Waals surface area (Å²) in [5.74, 6) is 2.61. The van der Waals surface area contributed by atoms with Crippen molar-refractivity contribution in [3.63, 3.8) is 0 Å². The van der Waals surface area contributed by atoms with Crippen LogP contribution in [0.25, 0.3) is 10.9 Å². The van der Waals surface area contributed by atoms with E-state index in [0.717, 1.165) is 30.7 Å². The molecular weight excluding hydrogens is 258 g/mol. The standard InChI is InChI=1S/C18H25N3/c1-2-21-17-10-6-5-9-14(17)16(20-21)11-15(19)18-12-7-3-4-8-13(12)18/h5-6,9-10,12-13,15,18H,2-4,7-8,11,19H2,1H3. The number of hydrogen-bond acceptors (Lipinski definition) is 2. The normalized spacial score (nSPS) is 29.3. The smallest absolute Gasteiger partial charge is 0.0718 e. The number of benzene rings is 1. The molecule has 2 N–H and O–H groups in total. The van der Waals surface area contributed by atoms with Crippen LogP contribution < -0.4 is 5.73 Å². The van der Waals surface area contributed by atoms with Crippen LogP contribution in [0.2, 0.25) is 0 Å². The van der Waals surface area contributed by atoms with Crippen LogP contribution in [0, 0.1) is 17.8 Å². The summed E-state index contributed by atoms with van der Waals surface area (Å²) >= 11 is 0. The molecule has 0 aliphatic heterocycles. The van der Waals surface area contributed by atoms with Gasteiger partial charge in [-0.2, -0.15) is 5.10 Å². The second-order valence-electron chi connectivity index (χ2n) is 6.84. The predicted molar refractivity (Wildman–Crippen MR) is 86.0 cm³/mol. The first-order chi connectivity index (χ1) is 10.3. The highest BCUT2D eigenvalue weighted by molar-refractivity contribution is 5.82. The van der Waals surface area contributed by atoms with E-state index >= 15 is 0 Å². The first-order valence-electron chi connectivity index (χ1n) is 8.49. The van der Waals surface area contributed by atoms with Crippen LogP contribution in [0.5, 0.6) is 0 Å². The highest BCUT2D eigenvalue weighted by Crippen LogP contribution is 2.56. The van der Waals surface area contributed by atoms with Crippen molar-refractivity contribution in [1.29, 1.82) is 0 Å². The second-order valence-corrected chi connectivity index (χ2v) is 6.84. The van der Waals surface area contributed by atoms with Gasteiger partial charge in [0.15, 0.2) is 0 Å². The largest absolute Gasteiger partial charge is 0.327 e. The Morgan fingerprint density at radius 3 is 2.67 bits per heavy atom. The van der Waals surface area contributed by atoms with Gasteiger partial charge in [0.05, 0.1) is 11.2 Å². The molecule has 1 aromatic heterocycles. The van der Waals surface area contributed by atoms with E-state index in [1.807, 2.05) is 0 Å². The Hall–Kier alpha value is -1.35. The summed E-state index contributed by atoms with van der Waals surface area (Å²) in [7, 11) is 0. The summed E-state index contributed by atoms with van der Waals surface area (Å²) in [6.45, 7) is 3.07. The summed E-state index contributed by atoms with van der Waals surface area (Å²) in [6, 6.07) is 8.85. The Balaban J connectivity index is 1.57. The van der Waals surface area contributed by atoms with Crippen molar-refractivity contribution in [3.05, 3.63) is 30.0 Å². The van der Waals surface area contributed by atoms with Gasteiger partial charge in [0.2, 0.25) is 0 Å². The number of rotatable bonds is 4. The Kier molecular flexibility index (Phi) is 3.26. The maximum absolute atomic E-state index is 6.56. The SMILES string of the molecule is CCn1nc(CC(N)C2C3CCCCC32)c2ccccc21. The summed E-state index contributed by atoms with van der Waals surface area (Å²) in [5.41, 5.74) is 9.01. The molecule has 1 heterocycles. The molecule has 3 nitrogen and oxygen atoms in total. The summed E-state index contributed by atoms with van der Waals surface area (Å²) in [6.07, 6.45) is 6.58. The van der Waals surface area contributed by atoms with E-state index in [-0.39, 0.29) is 0 Å². The molecule has 2 aliphatic carbocycles. The van der Waals surface area contributed by atoms with Gasteiger partial charge in [0.1, 0.15) is 0 Å². The van der Waals surface area contributed by atoms with Gasteiger partial charge in [-0.05, 0) is 43.6 Å². The van der Waals surface area contributed by atoms with Gasteiger partial charge >= 0.3 is 0 Å². The number of fused-ring (bicyclic) bond motifs is 2. The fraction of sp³-hybridized carbons (Fsp3) is 0.611. The van der Waals surface area contributed by atoms with Gasteiger partial charge < -0.3 is 5.73 Å². The Morgan fingerprint density at radius 1 is 1.24 bits per heavy atom. The van der Waals surface area contributed by atoms with Crippen LogP contribution in [-0.2, 0) is 13.0 Å². The van der Waals surface area contributed by atoms with Gasteiger partial charge in [0, 0.05) is 24.4 Å². The molecule has 2 fully saturated rings. The second kappa shape index (κ2) is 5.13. The molecular formula is C18H25N3. The van der Waals surface area contributed by atoms with Crippen LogP contribution in [0.3, 0.4) is 0 Å². The molecule has 0 radical (unpaired) electrons. The Morgan fingerprint density at radius 2 is 1.95 bits per heavy atom. The molecule has 3 atom stereocenters. The van der Waals surface area contributed by atoms with Gasteiger partial charge in [-0.3, -0.25) is 4.68 Å². The lowest BCUT2D eigenvalue weighted by molar-refractivity contribution is 0.480. The summed E-state index contributed by atoms with van der Waals surface area (Å²) in [4.78, 5) is 0. The zero-order valence-corrected chi connectivity index (χ0v) is 12.8. The molecule has 1 aromatic carbocycles. The van der Waals surface area contributed by atoms with Crippen molar-refractivity contribution in [3.8, 4) is 0 Å². The molecule has 2 saturated carbocycles. The quantitative estimate of drug-likeness (QED) is 0.935. The maximum Gasteiger partial charge on any atom is 0.0718 e. The minimum absolute atomic E-state index is 0.293. The van der Waals surface area contributed by atoms with E-state index in [0.29, 0.717) is 6.04 Å². The molecule has 3 heteroatoms. The van der Waals surface area contributed by atoms with Gasteiger partial charge in [-0.25, -0.2) is 0 Å². The predicted octanol–water partition coefficient (Wildman–Crippen LogP) is 3.36. The zero-order chi connectivity index (χ0) is 14.4. The number of para-hydroxylation sites is 1. The van der Waals surface area contributed by atoms with Crippen LogP contribution in [0.4, 0.5) is 0 Å². The number of hydrogen-bond donors (Lipinski definition) is 1. The lowest BCUT2D eigenvalue weighted by Gasteiger charge is -2.09. The highest BCUT2D eigenvalue weighted by Gasteiger charge is 2.53. The molecule has 3 unspecified atom stereocenters. The summed E-state index contributed by atoms with van der Waals surface area (Å²) < 4.78 is 2.11. The third-order valence-corrected chi connectivity index (χ3v) is 5.68. The van der Waals surface area contributed by atoms with E-state index < -0.39 is 0 Å². The molecule has 21 heavy (non-hydrogen) atoms. The van der Waals surface area contributed by atoms with E-state index in [9.17, 15) is 0 Å². The van der Waals surface area contributed by atoms with Crippen LogP contribution >= 0.6 is 0 Å². The molecule has 2 aromatic rings. The van der Waals surface area contributed by atoms with Gasteiger partial charge in [-0.15, -0.1) is 0 Å². The summed E-state index contributed by atoms with van der Waals surface area (Å²) in [5, 5.41) is 6.10. The van der Waals surface area contributed by atoms with E-state index in [2.05, 4.69) is 35.9 Å². The third-order valence-electron chi connectivity index (χ3n) is 5.68. The first-order valence-corrected chi connectivity index (χ1v) is 8.49. The number of nitrogens with two attached hydrogens (primary N) is 1. The van der Waals surface area contributed by atoms with Crippen LogP contribution in [0.15, 0.2) is 24.3 Å². The van der Waals surface area contributed by atoms with Crippen molar-refractivity contribution < 1.29 is 0 Å². The third kappa shape index (κ3) is 2.18. The van der Waals surface area contributed by atoms with E-state index in [4.69, 9.17) is 10.8 Å². The Labute approximate surface area is 126 Å². The Bertz CT molecular complexity index is 633. The molecule has 2 aliphatic rings. The minimum atomic E-state index is 0.293. The molecule has 0 amide bonds. The maximum atomic E-state index is 6.56. The van der Waals surface area contributed by atoms with Crippen molar-refractivity contribution in [2.45, 2.75) is 51.6 Å². The van der Waals surface area contributed by atoms with Gasteiger partial charge in [0.25, 0.3) is 0 Å². The highest BCUT2D eigenvalue weighted by atomic mass is 15.3. The van der Waals surface area contributed by atoms with Crippen molar-refractivity contribution in [2.24, 2.45) is 23.5 Å². The van der Waals surface area contributed by atoms with E-state index in [1.165, 1.54) is 42.3 Å². The van der Waals surface area contributed by atoms with Crippen LogP contribution in [0.1, 0.15) is 38.3 Å².